The van der Waals surface area contributed by atoms with Gasteiger partial charge in [-0.2, -0.15) is 0 Å². The zero-order chi connectivity index (χ0) is 29.3. The Labute approximate surface area is 229 Å². The van der Waals surface area contributed by atoms with Crippen molar-refractivity contribution in [1.82, 2.24) is 5.32 Å². The summed E-state index contributed by atoms with van der Waals surface area (Å²) in [6.07, 6.45) is 5.08. The van der Waals surface area contributed by atoms with Crippen LogP contribution in [0, 0.1) is 11.8 Å². The van der Waals surface area contributed by atoms with Gasteiger partial charge in [-0.3, -0.25) is 19.2 Å². The molecule has 0 fully saturated rings. The number of aliphatic hydroxyl groups is 1. The Kier molecular flexibility index (Phi) is 12.0. The molecule has 0 aromatic rings. The minimum Gasteiger partial charge on any atom is -0.492 e. The highest BCUT2D eigenvalue weighted by molar-refractivity contribution is 6.23. The molecule has 10 nitrogen and oxygen atoms in total. The molecule has 214 valence electrons. The molecule has 1 heterocycles. The molecule has 1 amide bonds. The zero-order valence-corrected chi connectivity index (χ0v) is 23.6. The number of carbonyl (C=O) groups excluding carboxylic acids is 4. The number of carbonyl (C=O) groups is 4. The third kappa shape index (κ3) is 8.08. The van der Waals surface area contributed by atoms with E-state index in [0.29, 0.717) is 18.5 Å². The second-order valence-electron chi connectivity index (χ2n) is 9.88. The minimum atomic E-state index is -0.928. The number of methoxy groups -OCH3 is 3. The van der Waals surface area contributed by atoms with Crippen LogP contribution in [0.4, 0.5) is 0 Å². The van der Waals surface area contributed by atoms with E-state index in [9.17, 15) is 24.3 Å². The molecule has 2 bridgehead atoms. The van der Waals surface area contributed by atoms with Gasteiger partial charge in [-0.1, -0.05) is 38.2 Å². The first-order chi connectivity index (χ1) is 18.5. The van der Waals surface area contributed by atoms with E-state index in [1.165, 1.54) is 27.4 Å². The van der Waals surface area contributed by atoms with Crippen molar-refractivity contribution in [3.8, 4) is 0 Å². The van der Waals surface area contributed by atoms with E-state index in [0.717, 1.165) is 6.08 Å². The Morgan fingerprint density at radius 1 is 1.08 bits per heavy atom. The maximum atomic E-state index is 13.3. The molecule has 2 rings (SSSR count). The largest absolute Gasteiger partial charge is 0.492 e. The molecule has 0 unspecified atom stereocenters. The molecule has 2 aliphatic rings. The Balaban J connectivity index is 2.58. The molecular formula is C29H39NO9. The van der Waals surface area contributed by atoms with Crippen LogP contribution in [0.25, 0.3) is 0 Å². The van der Waals surface area contributed by atoms with E-state index in [2.05, 4.69) is 5.32 Å². The third-order valence-corrected chi connectivity index (χ3v) is 6.91. The second-order valence-corrected chi connectivity index (χ2v) is 9.88. The molecule has 0 spiro atoms. The monoisotopic (exact) mass is 545 g/mol. The highest BCUT2D eigenvalue weighted by Crippen LogP contribution is 2.29. The van der Waals surface area contributed by atoms with Gasteiger partial charge >= 0.3 is 0 Å². The van der Waals surface area contributed by atoms with Gasteiger partial charge in [0.05, 0.1) is 25.0 Å². The Morgan fingerprint density at radius 2 is 1.77 bits per heavy atom. The summed E-state index contributed by atoms with van der Waals surface area (Å²) in [5.41, 5.74) is 0.923. The van der Waals surface area contributed by atoms with Crippen molar-refractivity contribution in [3.05, 3.63) is 58.6 Å². The molecule has 6 atom stereocenters. The smallest absolute Gasteiger partial charge is 0.293 e. The number of hydrogen-bond donors (Lipinski definition) is 2. The average molecular weight is 546 g/mol. The molecule has 39 heavy (non-hydrogen) atoms. The van der Waals surface area contributed by atoms with Crippen LogP contribution in [0.5, 0.6) is 0 Å². The van der Waals surface area contributed by atoms with Crippen LogP contribution in [0.3, 0.4) is 0 Å². The van der Waals surface area contributed by atoms with Crippen LogP contribution in [-0.4, -0.2) is 74.8 Å². The number of amides is 1. The van der Waals surface area contributed by atoms with Gasteiger partial charge in [0.1, 0.15) is 6.10 Å². The lowest BCUT2D eigenvalue weighted by Crippen LogP contribution is -2.36. The van der Waals surface area contributed by atoms with Crippen LogP contribution in [0.2, 0.25) is 0 Å². The van der Waals surface area contributed by atoms with Crippen LogP contribution < -0.4 is 5.32 Å². The maximum absolute atomic E-state index is 13.3. The van der Waals surface area contributed by atoms with Crippen molar-refractivity contribution in [2.45, 2.75) is 65.0 Å². The molecule has 1 aliphatic carbocycles. The summed E-state index contributed by atoms with van der Waals surface area (Å²) in [6.45, 7) is 7.35. The molecule has 0 aromatic heterocycles. The van der Waals surface area contributed by atoms with Gasteiger partial charge < -0.3 is 29.4 Å². The topological polar surface area (TPSA) is 137 Å². The van der Waals surface area contributed by atoms with E-state index in [-0.39, 0.29) is 34.9 Å². The summed E-state index contributed by atoms with van der Waals surface area (Å²) in [6, 6.07) is 0. The van der Waals surface area contributed by atoms with Gasteiger partial charge in [-0.25, -0.2) is 0 Å². The van der Waals surface area contributed by atoms with Crippen molar-refractivity contribution in [2.24, 2.45) is 11.8 Å². The van der Waals surface area contributed by atoms with Crippen molar-refractivity contribution in [1.29, 1.82) is 0 Å². The van der Waals surface area contributed by atoms with Crippen LogP contribution in [0.15, 0.2) is 58.6 Å². The first-order valence-corrected chi connectivity index (χ1v) is 12.7. The van der Waals surface area contributed by atoms with E-state index in [1.807, 2.05) is 13.8 Å². The predicted molar refractivity (Wildman–Crippen MR) is 143 cm³/mol. The Morgan fingerprint density at radius 3 is 2.36 bits per heavy atom. The predicted octanol–water partition coefficient (Wildman–Crippen LogP) is 2.49. The highest BCUT2D eigenvalue weighted by Gasteiger charge is 2.33. The van der Waals surface area contributed by atoms with Crippen molar-refractivity contribution >= 4 is 23.9 Å². The van der Waals surface area contributed by atoms with Crippen LogP contribution in [-0.2, 0) is 38.1 Å². The van der Waals surface area contributed by atoms with Crippen molar-refractivity contribution in [3.63, 3.8) is 0 Å². The van der Waals surface area contributed by atoms with E-state index in [4.69, 9.17) is 18.9 Å². The Bertz CT molecular complexity index is 1100. The second kappa shape index (κ2) is 14.7. The number of aliphatic hydroxyl groups excluding tert-OH is 1. The summed E-state index contributed by atoms with van der Waals surface area (Å²) in [7, 11) is 4.26. The SMILES string of the molecule is COC1=C2C[C@@H](C)C[C@H](OC)[C@H](O)[C@@H](C)/C=C(\C)[C@H](OC=O)[C@@H](OC)/C=C\C=C(/C)C(=O)NC(=CC1=O)C2=O. The third-order valence-electron chi connectivity index (χ3n) is 6.91. The lowest BCUT2D eigenvalue weighted by Gasteiger charge is -2.29. The summed E-state index contributed by atoms with van der Waals surface area (Å²) < 4.78 is 21.7. The summed E-state index contributed by atoms with van der Waals surface area (Å²) in [5.74, 6) is -2.27. The zero-order valence-electron chi connectivity index (χ0n) is 23.6. The number of allylic oxidation sites excluding steroid dienone is 4. The fraction of sp³-hybridized carbons (Fsp3) is 0.517. The molecule has 2 N–H and O–H groups in total. The Hall–Kier alpha value is -3.34. The average Bonchev–Trinajstić information content (AvgIpc) is 2.90. The van der Waals surface area contributed by atoms with Crippen LogP contribution >= 0.6 is 0 Å². The van der Waals surface area contributed by atoms with Crippen molar-refractivity contribution < 1.29 is 43.2 Å². The van der Waals surface area contributed by atoms with Gasteiger partial charge in [-0.15, -0.1) is 0 Å². The van der Waals surface area contributed by atoms with Crippen molar-refractivity contribution in [2.75, 3.05) is 21.3 Å². The summed E-state index contributed by atoms with van der Waals surface area (Å²) in [5, 5.41) is 13.7. The van der Waals surface area contributed by atoms with E-state index in [1.54, 1.807) is 32.1 Å². The number of hydrogen-bond acceptors (Lipinski definition) is 9. The fourth-order valence-electron chi connectivity index (χ4n) is 4.74. The summed E-state index contributed by atoms with van der Waals surface area (Å²) in [4.78, 5) is 50.1. The lowest BCUT2D eigenvalue weighted by molar-refractivity contribution is -0.136. The molecule has 0 aromatic carbocycles. The number of rotatable bonds is 5. The number of fused-ring (bicyclic) bond motifs is 2. The summed E-state index contributed by atoms with van der Waals surface area (Å²) >= 11 is 0. The first kappa shape index (κ1) is 31.9. The van der Waals surface area contributed by atoms with Gasteiger partial charge in [0, 0.05) is 37.4 Å². The van der Waals surface area contributed by atoms with Gasteiger partial charge in [0.15, 0.2) is 11.9 Å². The number of ketones is 2. The number of ether oxygens (including phenoxy) is 4. The van der Waals surface area contributed by atoms with Gasteiger partial charge in [-0.05, 0) is 38.2 Å². The van der Waals surface area contributed by atoms with Crippen LogP contribution in [0.1, 0.15) is 40.5 Å². The fourth-order valence-corrected chi connectivity index (χ4v) is 4.74. The molecule has 0 radical (unpaired) electrons. The quantitative estimate of drug-likeness (QED) is 0.303. The molecule has 1 aliphatic heterocycles. The highest BCUT2D eigenvalue weighted by atomic mass is 16.6. The maximum Gasteiger partial charge on any atom is 0.293 e. The molecule has 10 heteroatoms. The number of nitrogens with one attached hydrogen (secondary N) is 1. The normalized spacial score (nSPS) is 33.2. The lowest BCUT2D eigenvalue weighted by atomic mass is 9.85. The molecule has 0 saturated carbocycles. The van der Waals surface area contributed by atoms with E-state index >= 15 is 0 Å². The first-order valence-electron chi connectivity index (χ1n) is 12.7. The standard InChI is InChI=1S/C29H39NO9/c1-16-11-20-26(34)21(14-22(32)28(20)38-7)30-29(35)17(2)9-8-10-23(36-5)27(39-15-31)19(4)13-18(3)25(33)24(12-16)37-6/h8-10,13-16,18,23-25,27,33H,11-12H2,1-7H3,(H,30,35)/b10-8-,17-9+,19-13+/t16-,18+,23+,24+,25-,27+/m1/s1. The van der Waals surface area contributed by atoms with Gasteiger partial charge in [0.2, 0.25) is 11.6 Å². The minimum absolute atomic E-state index is 0.0702. The molecule has 0 saturated heterocycles. The van der Waals surface area contributed by atoms with Gasteiger partial charge in [0.25, 0.3) is 12.4 Å². The van der Waals surface area contributed by atoms with E-state index < -0.39 is 47.8 Å². The number of Topliss-reactive ketones (excluding diaryl/α,β-unsaturated/α-hetero) is 1. The molecular weight excluding hydrogens is 506 g/mol.